The number of hydrogen-bond donors (Lipinski definition) is 2. The molecule has 24 heavy (non-hydrogen) atoms. The summed E-state index contributed by atoms with van der Waals surface area (Å²) in [5.74, 6) is -2.15. The van der Waals surface area contributed by atoms with E-state index in [9.17, 15) is 18.8 Å². The average Bonchev–Trinajstić information content (AvgIpc) is 2.54. The summed E-state index contributed by atoms with van der Waals surface area (Å²) < 4.78 is 18.4. The molecule has 0 aliphatic rings. The smallest absolute Gasteiger partial charge is 0.328 e. The van der Waals surface area contributed by atoms with Crippen LogP contribution in [-0.2, 0) is 25.5 Å². The van der Waals surface area contributed by atoms with Crippen molar-refractivity contribution in [2.45, 2.75) is 31.8 Å². The van der Waals surface area contributed by atoms with Crippen LogP contribution in [0.5, 0.6) is 0 Å². The topological polar surface area (TPSA) is 84.5 Å². The predicted octanol–water partition coefficient (Wildman–Crippen LogP) is 1.11. The summed E-state index contributed by atoms with van der Waals surface area (Å²) in [6.45, 7) is 4.77. The molecule has 0 fully saturated rings. The Hall–Kier alpha value is -2.70. The highest BCUT2D eigenvalue weighted by molar-refractivity contribution is 5.90. The average molecular weight is 336 g/mol. The highest BCUT2D eigenvalue weighted by atomic mass is 19.1. The summed E-state index contributed by atoms with van der Waals surface area (Å²) in [6.07, 6.45) is 1.59. The lowest BCUT2D eigenvalue weighted by Crippen LogP contribution is -2.52. The minimum atomic E-state index is -1.02. The molecule has 0 bridgehead atoms. The molecule has 0 radical (unpaired) electrons. The molecule has 0 aliphatic carbocycles. The number of carbonyl (C=O) groups is 3. The number of halogens is 1. The number of esters is 1. The van der Waals surface area contributed by atoms with Crippen LogP contribution in [0.2, 0.25) is 0 Å². The molecule has 2 amide bonds. The van der Waals surface area contributed by atoms with Crippen LogP contribution in [-0.4, -0.2) is 37.0 Å². The number of methoxy groups -OCH3 is 1. The molecule has 0 spiro atoms. The van der Waals surface area contributed by atoms with Crippen molar-refractivity contribution in [3.63, 3.8) is 0 Å². The van der Waals surface area contributed by atoms with Gasteiger partial charge in [-0.1, -0.05) is 24.3 Å². The van der Waals surface area contributed by atoms with E-state index in [1.807, 2.05) is 0 Å². The summed E-state index contributed by atoms with van der Waals surface area (Å²) in [5, 5.41) is 4.96. The van der Waals surface area contributed by atoms with Crippen LogP contribution in [0.3, 0.4) is 0 Å². The van der Waals surface area contributed by atoms with Crippen LogP contribution in [0.4, 0.5) is 4.39 Å². The maximum Gasteiger partial charge on any atom is 0.328 e. The zero-order valence-corrected chi connectivity index (χ0v) is 13.7. The van der Waals surface area contributed by atoms with Gasteiger partial charge in [0.05, 0.1) is 7.11 Å². The molecule has 0 saturated heterocycles. The second-order valence-electron chi connectivity index (χ2n) is 5.16. The second kappa shape index (κ2) is 9.44. The number of benzene rings is 1. The Morgan fingerprint density at radius 2 is 1.92 bits per heavy atom. The first kappa shape index (κ1) is 19.3. The van der Waals surface area contributed by atoms with Gasteiger partial charge in [0, 0.05) is 13.3 Å². The molecular formula is C17H21FN2O4. The molecule has 0 saturated carbocycles. The van der Waals surface area contributed by atoms with Gasteiger partial charge in [0.2, 0.25) is 11.8 Å². The van der Waals surface area contributed by atoms with Gasteiger partial charge in [-0.25, -0.2) is 9.18 Å². The lowest BCUT2D eigenvalue weighted by Gasteiger charge is -2.21. The molecule has 0 aromatic heterocycles. The Morgan fingerprint density at radius 1 is 1.25 bits per heavy atom. The van der Waals surface area contributed by atoms with Crippen LogP contribution >= 0.6 is 0 Å². The van der Waals surface area contributed by atoms with Gasteiger partial charge in [0.1, 0.15) is 17.9 Å². The molecule has 1 aromatic rings. The van der Waals surface area contributed by atoms with E-state index in [4.69, 9.17) is 0 Å². The number of rotatable bonds is 8. The minimum Gasteiger partial charge on any atom is -0.467 e. The third-order valence-corrected chi connectivity index (χ3v) is 3.28. The van der Waals surface area contributed by atoms with Crippen molar-refractivity contribution in [3.8, 4) is 0 Å². The Balaban J connectivity index is 2.91. The van der Waals surface area contributed by atoms with E-state index in [0.717, 1.165) is 0 Å². The number of ether oxygens (including phenoxy) is 1. The normalized spacial score (nSPS) is 12.6. The highest BCUT2D eigenvalue weighted by Gasteiger charge is 2.26. The number of nitrogens with one attached hydrogen (secondary N) is 2. The fourth-order valence-electron chi connectivity index (χ4n) is 2.13. The van der Waals surface area contributed by atoms with Crippen LogP contribution in [0.1, 0.15) is 18.9 Å². The Bertz CT molecular complexity index is 618. The Morgan fingerprint density at radius 3 is 2.46 bits per heavy atom. The van der Waals surface area contributed by atoms with E-state index in [1.54, 1.807) is 6.07 Å². The van der Waals surface area contributed by atoms with Crippen molar-refractivity contribution in [1.29, 1.82) is 0 Å². The predicted molar refractivity (Wildman–Crippen MR) is 86.5 cm³/mol. The van der Waals surface area contributed by atoms with Gasteiger partial charge in [-0.3, -0.25) is 9.59 Å². The van der Waals surface area contributed by atoms with Crippen molar-refractivity contribution >= 4 is 17.8 Å². The Kier molecular flexibility index (Phi) is 7.61. The number of amides is 2. The van der Waals surface area contributed by atoms with Crippen LogP contribution in [0.25, 0.3) is 0 Å². The lowest BCUT2D eigenvalue weighted by molar-refractivity contribution is -0.145. The van der Waals surface area contributed by atoms with E-state index >= 15 is 0 Å². The molecule has 0 unspecified atom stereocenters. The number of carbonyl (C=O) groups excluding carboxylic acids is 3. The van der Waals surface area contributed by atoms with Gasteiger partial charge in [-0.2, -0.15) is 0 Å². The first-order chi connectivity index (χ1) is 11.4. The van der Waals surface area contributed by atoms with Crippen molar-refractivity contribution < 1.29 is 23.5 Å². The second-order valence-corrected chi connectivity index (χ2v) is 5.16. The largest absolute Gasteiger partial charge is 0.467 e. The monoisotopic (exact) mass is 336 g/mol. The number of hydrogen-bond acceptors (Lipinski definition) is 4. The lowest BCUT2D eigenvalue weighted by atomic mass is 10.0. The van der Waals surface area contributed by atoms with E-state index in [1.165, 1.54) is 38.3 Å². The van der Waals surface area contributed by atoms with Crippen LogP contribution < -0.4 is 10.6 Å². The van der Waals surface area contributed by atoms with E-state index in [-0.39, 0.29) is 18.4 Å². The Labute approximate surface area is 140 Å². The summed E-state index contributed by atoms with van der Waals surface area (Å²) in [4.78, 5) is 35.4. The van der Waals surface area contributed by atoms with E-state index < -0.39 is 35.7 Å². The standard InChI is InChI=1S/C17H21FN2O4/c1-4-7-14(17(23)24-3)20-16(22)15(19-11(2)21)10-12-8-5-6-9-13(12)18/h4-6,8-9,14-15H,1,7,10H2,2-3H3,(H,19,21)(H,20,22)/t14-,15+/m0/s1. The van der Waals surface area contributed by atoms with Gasteiger partial charge < -0.3 is 15.4 Å². The molecule has 1 rings (SSSR count). The van der Waals surface area contributed by atoms with Crippen molar-refractivity contribution in [1.82, 2.24) is 10.6 Å². The fraction of sp³-hybridized carbons (Fsp3) is 0.353. The SMILES string of the molecule is C=CC[C@H](NC(=O)[C@@H](Cc1ccccc1F)NC(C)=O)C(=O)OC. The highest BCUT2D eigenvalue weighted by Crippen LogP contribution is 2.10. The molecule has 0 heterocycles. The molecule has 7 heteroatoms. The maximum atomic E-state index is 13.8. The van der Waals surface area contributed by atoms with E-state index in [2.05, 4.69) is 21.9 Å². The molecule has 6 nitrogen and oxygen atoms in total. The van der Waals surface area contributed by atoms with Gasteiger partial charge in [-0.05, 0) is 18.1 Å². The third-order valence-electron chi connectivity index (χ3n) is 3.28. The maximum absolute atomic E-state index is 13.8. The summed E-state index contributed by atoms with van der Waals surface area (Å²) in [7, 11) is 1.20. The third kappa shape index (κ3) is 5.83. The van der Waals surface area contributed by atoms with Crippen molar-refractivity contribution in [2.24, 2.45) is 0 Å². The van der Waals surface area contributed by atoms with Gasteiger partial charge >= 0.3 is 5.97 Å². The summed E-state index contributed by atoms with van der Waals surface area (Å²) in [5.41, 5.74) is 0.282. The fourth-order valence-corrected chi connectivity index (χ4v) is 2.13. The summed E-state index contributed by atoms with van der Waals surface area (Å²) in [6, 6.07) is 4.03. The molecular weight excluding hydrogens is 315 g/mol. The first-order valence-electron chi connectivity index (χ1n) is 7.38. The minimum absolute atomic E-state index is 0.0416. The molecule has 1 aromatic carbocycles. The van der Waals surface area contributed by atoms with Gasteiger partial charge in [0.25, 0.3) is 0 Å². The molecule has 130 valence electrons. The van der Waals surface area contributed by atoms with Crippen molar-refractivity contribution in [2.75, 3.05) is 7.11 Å². The van der Waals surface area contributed by atoms with E-state index in [0.29, 0.717) is 0 Å². The van der Waals surface area contributed by atoms with Gasteiger partial charge in [-0.15, -0.1) is 6.58 Å². The first-order valence-corrected chi connectivity index (χ1v) is 7.38. The molecule has 2 N–H and O–H groups in total. The van der Waals surface area contributed by atoms with Gasteiger partial charge in [0.15, 0.2) is 0 Å². The summed E-state index contributed by atoms with van der Waals surface area (Å²) >= 11 is 0. The zero-order valence-electron chi connectivity index (χ0n) is 13.7. The quantitative estimate of drug-likeness (QED) is 0.550. The van der Waals surface area contributed by atoms with Crippen LogP contribution in [0.15, 0.2) is 36.9 Å². The molecule has 2 atom stereocenters. The van der Waals surface area contributed by atoms with Crippen LogP contribution in [0, 0.1) is 5.82 Å². The molecule has 0 aliphatic heterocycles. The zero-order chi connectivity index (χ0) is 18.1. The van der Waals surface area contributed by atoms with Crippen molar-refractivity contribution in [3.05, 3.63) is 48.3 Å².